The quantitative estimate of drug-likeness (QED) is 0.859. The Balaban J connectivity index is 1.74. The molecule has 1 N–H and O–H groups in total. The number of hydrogen-bond acceptors (Lipinski definition) is 2. The van der Waals surface area contributed by atoms with Gasteiger partial charge in [0.2, 0.25) is 0 Å². The van der Waals surface area contributed by atoms with E-state index in [0.29, 0.717) is 6.04 Å². The van der Waals surface area contributed by atoms with Crippen molar-refractivity contribution in [2.75, 3.05) is 25.0 Å². The third kappa shape index (κ3) is 2.19. The van der Waals surface area contributed by atoms with E-state index in [9.17, 15) is 0 Å². The normalized spacial score (nSPS) is 31.5. The van der Waals surface area contributed by atoms with E-state index in [0.717, 1.165) is 12.3 Å². The van der Waals surface area contributed by atoms with Gasteiger partial charge in [0.1, 0.15) is 0 Å². The summed E-state index contributed by atoms with van der Waals surface area (Å²) in [5.41, 5.74) is 2.80. The van der Waals surface area contributed by atoms with Crippen LogP contribution in [0.3, 0.4) is 0 Å². The van der Waals surface area contributed by atoms with Crippen molar-refractivity contribution in [1.29, 1.82) is 0 Å². The standard InChI is InChI=1S/C15H22N2/c1-2-12-5-3-4-6-14(12)16-15-11-17-9-7-13(15)8-10-17/h3-6,13,15-16H,2,7-11H2,1H3. The van der Waals surface area contributed by atoms with E-state index in [1.807, 2.05) is 0 Å². The summed E-state index contributed by atoms with van der Waals surface area (Å²) in [5, 5.41) is 3.79. The lowest BCUT2D eigenvalue weighted by Gasteiger charge is -2.45. The van der Waals surface area contributed by atoms with Gasteiger partial charge in [-0.2, -0.15) is 0 Å². The second-order valence-corrected chi connectivity index (χ2v) is 5.40. The van der Waals surface area contributed by atoms with Gasteiger partial charge in [-0.15, -0.1) is 0 Å². The Bertz CT molecular complexity index is 380. The zero-order valence-electron chi connectivity index (χ0n) is 10.7. The molecule has 3 heterocycles. The minimum Gasteiger partial charge on any atom is -0.381 e. The van der Waals surface area contributed by atoms with Crippen molar-refractivity contribution in [3.05, 3.63) is 29.8 Å². The molecule has 3 aliphatic rings. The molecule has 2 bridgehead atoms. The van der Waals surface area contributed by atoms with Gasteiger partial charge in [-0.1, -0.05) is 25.1 Å². The molecule has 0 aromatic heterocycles. The van der Waals surface area contributed by atoms with Crippen LogP contribution < -0.4 is 5.32 Å². The first-order valence-corrected chi connectivity index (χ1v) is 6.93. The van der Waals surface area contributed by atoms with E-state index >= 15 is 0 Å². The highest BCUT2D eigenvalue weighted by atomic mass is 15.2. The predicted octanol–water partition coefficient (Wildman–Crippen LogP) is 2.76. The van der Waals surface area contributed by atoms with Crippen LogP contribution in [0, 0.1) is 5.92 Å². The molecule has 0 saturated carbocycles. The lowest BCUT2D eigenvalue weighted by molar-refractivity contribution is 0.0975. The SMILES string of the molecule is CCc1ccccc1NC1CN2CCC1CC2. The smallest absolute Gasteiger partial charge is 0.0417 e. The van der Waals surface area contributed by atoms with E-state index < -0.39 is 0 Å². The molecule has 1 aromatic rings. The summed E-state index contributed by atoms with van der Waals surface area (Å²) in [7, 11) is 0. The molecule has 0 amide bonds. The Hall–Kier alpha value is -1.02. The number of anilines is 1. The molecule has 1 unspecified atom stereocenters. The van der Waals surface area contributed by atoms with Gasteiger partial charge in [0, 0.05) is 18.3 Å². The lowest BCUT2D eigenvalue weighted by atomic mass is 9.84. The summed E-state index contributed by atoms with van der Waals surface area (Å²) in [4.78, 5) is 2.60. The molecule has 0 aliphatic carbocycles. The molecule has 17 heavy (non-hydrogen) atoms. The number of piperidine rings is 3. The van der Waals surface area contributed by atoms with E-state index in [4.69, 9.17) is 0 Å². The van der Waals surface area contributed by atoms with Crippen LogP contribution in [0.15, 0.2) is 24.3 Å². The monoisotopic (exact) mass is 230 g/mol. The van der Waals surface area contributed by atoms with Crippen LogP contribution in [0.2, 0.25) is 0 Å². The third-order valence-electron chi connectivity index (χ3n) is 4.40. The fraction of sp³-hybridized carbons (Fsp3) is 0.600. The lowest BCUT2D eigenvalue weighted by Crippen LogP contribution is -2.53. The summed E-state index contributed by atoms with van der Waals surface area (Å²) >= 11 is 0. The number of nitrogens with zero attached hydrogens (tertiary/aromatic N) is 1. The Kier molecular flexibility index (Phi) is 3.06. The number of nitrogens with one attached hydrogen (secondary N) is 1. The third-order valence-corrected chi connectivity index (χ3v) is 4.40. The van der Waals surface area contributed by atoms with Gasteiger partial charge in [0.15, 0.2) is 0 Å². The number of aryl methyl sites for hydroxylation is 1. The van der Waals surface area contributed by atoms with Gasteiger partial charge in [0.25, 0.3) is 0 Å². The van der Waals surface area contributed by atoms with Crippen molar-refractivity contribution >= 4 is 5.69 Å². The van der Waals surface area contributed by atoms with Crippen LogP contribution >= 0.6 is 0 Å². The van der Waals surface area contributed by atoms with Gasteiger partial charge in [-0.05, 0) is 49.9 Å². The molecule has 92 valence electrons. The Morgan fingerprint density at radius 2 is 2.00 bits per heavy atom. The second kappa shape index (κ2) is 4.69. The highest BCUT2D eigenvalue weighted by molar-refractivity contribution is 5.52. The van der Waals surface area contributed by atoms with Crippen LogP contribution in [0.1, 0.15) is 25.3 Å². The first kappa shape index (κ1) is 11.1. The van der Waals surface area contributed by atoms with Crippen LogP contribution in [0.4, 0.5) is 5.69 Å². The fourth-order valence-electron chi connectivity index (χ4n) is 3.30. The highest BCUT2D eigenvalue weighted by Crippen LogP contribution is 2.30. The molecule has 2 nitrogen and oxygen atoms in total. The Labute approximate surface area is 104 Å². The summed E-state index contributed by atoms with van der Waals surface area (Å²) in [6.07, 6.45) is 3.88. The minimum atomic E-state index is 0.671. The number of benzene rings is 1. The zero-order valence-corrected chi connectivity index (χ0v) is 10.7. The number of rotatable bonds is 3. The first-order chi connectivity index (χ1) is 8.36. The molecule has 3 aliphatic heterocycles. The maximum atomic E-state index is 3.79. The molecular formula is C15H22N2. The van der Waals surface area contributed by atoms with Gasteiger partial charge in [-0.3, -0.25) is 0 Å². The van der Waals surface area contributed by atoms with Crippen LogP contribution in [0.25, 0.3) is 0 Å². The van der Waals surface area contributed by atoms with Crippen molar-refractivity contribution in [2.45, 2.75) is 32.2 Å². The van der Waals surface area contributed by atoms with Crippen molar-refractivity contribution in [3.8, 4) is 0 Å². The molecule has 2 heteroatoms. The summed E-state index contributed by atoms with van der Waals surface area (Å²) < 4.78 is 0. The number of hydrogen-bond donors (Lipinski definition) is 1. The average Bonchev–Trinajstić information content (AvgIpc) is 2.41. The first-order valence-electron chi connectivity index (χ1n) is 6.93. The fourth-order valence-corrected chi connectivity index (χ4v) is 3.30. The summed E-state index contributed by atoms with van der Waals surface area (Å²) in [5.74, 6) is 0.893. The van der Waals surface area contributed by atoms with E-state index in [1.54, 1.807) is 0 Å². The van der Waals surface area contributed by atoms with Crippen LogP contribution in [-0.4, -0.2) is 30.6 Å². The Morgan fingerprint density at radius 3 is 2.65 bits per heavy atom. The average molecular weight is 230 g/mol. The van der Waals surface area contributed by atoms with Crippen molar-refractivity contribution in [2.24, 2.45) is 5.92 Å². The molecule has 1 atom stereocenters. The molecule has 4 rings (SSSR count). The van der Waals surface area contributed by atoms with Gasteiger partial charge in [0.05, 0.1) is 0 Å². The van der Waals surface area contributed by atoms with E-state index in [-0.39, 0.29) is 0 Å². The largest absolute Gasteiger partial charge is 0.381 e. The minimum absolute atomic E-state index is 0.671. The molecular weight excluding hydrogens is 208 g/mol. The molecule has 0 spiro atoms. The van der Waals surface area contributed by atoms with Gasteiger partial charge >= 0.3 is 0 Å². The predicted molar refractivity (Wildman–Crippen MR) is 72.4 cm³/mol. The summed E-state index contributed by atoms with van der Waals surface area (Å²) in [6, 6.07) is 9.42. The number of para-hydroxylation sites is 1. The van der Waals surface area contributed by atoms with Gasteiger partial charge in [-0.25, -0.2) is 0 Å². The van der Waals surface area contributed by atoms with Crippen molar-refractivity contribution in [3.63, 3.8) is 0 Å². The van der Waals surface area contributed by atoms with Crippen molar-refractivity contribution in [1.82, 2.24) is 4.90 Å². The highest BCUT2D eigenvalue weighted by Gasteiger charge is 2.33. The second-order valence-electron chi connectivity index (χ2n) is 5.40. The van der Waals surface area contributed by atoms with E-state index in [2.05, 4.69) is 41.4 Å². The van der Waals surface area contributed by atoms with Crippen molar-refractivity contribution < 1.29 is 0 Å². The van der Waals surface area contributed by atoms with E-state index in [1.165, 1.54) is 43.7 Å². The topological polar surface area (TPSA) is 15.3 Å². The summed E-state index contributed by atoms with van der Waals surface area (Å²) in [6.45, 7) is 6.11. The molecule has 3 saturated heterocycles. The maximum absolute atomic E-state index is 3.79. The van der Waals surface area contributed by atoms with Crippen LogP contribution in [0.5, 0.6) is 0 Å². The Morgan fingerprint density at radius 1 is 1.24 bits per heavy atom. The van der Waals surface area contributed by atoms with Crippen LogP contribution in [-0.2, 0) is 6.42 Å². The molecule has 1 aromatic carbocycles. The van der Waals surface area contributed by atoms with Gasteiger partial charge < -0.3 is 10.2 Å². The molecule has 3 fully saturated rings. The zero-order chi connectivity index (χ0) is 11.7. The number of fused-ring (bicyclic) bond motifs is 3. The maximum Gasteiger partial charge on any atom is 0.0417 e. The molecule has 0 radical (unpaired) electrons.